The van der Waals surface area contributed by atoms with Crippen LogP contribution in [-0.4, -0.2) is 24.0 Å². The predicted octanol–water partition coefficient (Wildman–Crippen LogP) is 2.66. The Hall–Kier alpha value is -0.233. The van der Waals surface area contributed by atoms with E-state index in [2.05, 4.69) is 32.8 Å². The highest BCUT2D eigenvalue weighted by Crippen LogP contribution is 2.31. The summed E-state index contributed by atoms with van der Waals surface area (Å²) in [6, 6.07) is 6.84. The van der Waals surface area contributed by atoms with Gasteiger partial charge in [-0.2, -0.15) is 0 Å². The Labute approximate surface area is 102 Å². The van der Waals surface area contributed by atoms with Crippen molar-refractivity contribution in [2.24, 2.45) is 0 Å². The molecular formula is C10H12IO2Si. The molecule has 0 fully saturated rings. The SMILES string of the molecule is COc1c(I)cccc1OCCC[Si]. The minimum Gasteiger partial charge on any atom is -0.492 e. The van der Waals surface area contributed by atoms with Gasteiger partial charge in [-0.15, -0.1) is 0 Å². The molecule has 0 saturated heterocycles. The van der Waals surface area contributed by atoms with Crippen LogP contribution in [0, 0.1) is 3.57 Å². The summed E-state index contributed by atoms with van der Waals surface area (Å²) in [5, 5.41) is 0. The van der Waals surface area contributed by atoms with Crippen LogP contribution >= 0.6 is 22.6 Å². The summed E-state index contributed by atoms with van der Waals surface area (Å²) in [5.41, 5.74) is 0. The van der Waals surface area contributed by atoms with Gasteiger partial charge in [-0.3, -0.25) is 0 Å². The second-order valence-electron chi connectivity index (χ2n) is 2.72. The first kappa shape index (κ1) is 11.8. The molecule has 2 nitrogen and oxygen atoms in total. The lowest BCUT2D eigenvalue weighted by molar-refractivity contribution is 0.293. The van der Waals surface area contributed by atoms with Crippen molar-refractivity contribution in [2.45, 2.75) is 12.5 Å². The van der Waals surface area contributed by atoms with E-state index in [-0.39, 0.29) is 0 Å². The second-order valence-corrected chi connectivity index (χ2v) is 4.39. The van der Waals surface area contributed by atoms with Crippen LogP contribution in [0.15, 0.2) is 18.2 Å². The third kappa shape index (κ3) is 3.16. The molecule has 0 unspecified atom stereocenters. The zero-order chi connectivity index (χ0) is 10.4. The van der Waals surface area contributed by atoms with E-state index in [0.717, 1.165) is 27.5 Å². The fourth-order valence-electron chi connectivity index (χ4n) is 1.06. The van der Waals surface area contributed by atoms with E-state index in [1.807, 2.05) is 18.2 Å². The number of para-hydroxylation sites is 1. The Kier molecular flexibility index (Phi) is 5.32. The first-order valence-corrected chi connectivity index (χ1v) is 6.18. The molecule has 0 amide bonds. The molecule has 0 saturated carbocycles. The van der Waals surface area contributed by atoms with Gasteiger partial charge in [-0.1, -0.05) is 12.1 Å². The maximum absolute atomic E-state index is 5.59. The first-order chi connectivity index (χ1) is 6.79. The number of rotatable bonds is 5. The molecule has 1 rings (SSSR count). The van der Waals surface area contributed by atoms with Crippen molar-refractivity contribution in [3.8, 4) is 11.5 Å². The average molecular weight is 319 g/mol. The van der Waals surface area contributed by atoms with Gasteiger partial charge in [0.25, 0.3) is 0 Å². The molecule has 4 heteroatoms. The fraction of sp³-hybridized carbons (Fsp3) is 0.400. The number of hydrogen-bond acceptors (Lipinski definition) is 2. The number of benzene rings is 1. The summed E-state index contributed by atoms with van der Waals surface area (Å²) in [7, 11) is 5.07. The normalized spacial score (nSPS) is 9.93. The standard InChI is InChI=1S/C10H12IO2Si/c1-12-10-8(11)4-2-5-9(10)13-6-3-7-14/h2,4-5H,3,6-7H2,1H3. The lowest BCUT2D eigenvalue weighted by Gasteiger charge is -2.11. The van der Waals surface area contributed by atoms with Crippen molar-refractivity contribution in [3.63, 3.8) is 0 Å². The highest BCUT2D eigenvalue weighted by atomic mass is 127. The summed E-state index contributed by atoms with van der Waals surface area (Å²) >= 11 is 2.23. The molecule has 0 bridgehead atoms. The van der Waals surface area contributed by atoms with Gasteiger partial charge in [-0.25, -0.2) is 0 Å². The highest BCUT2D eigenvalue weighted by molar-refractivity contribution is 14.1. The first-order valence-electron chi connectivity index (χ1n) is 4.39. The van der Waals surface area contributed by atoms with E-state index < -0.39 is 0 Å². The summed E-state index contributed by atoms with van der Waals surface area (Å²) < 4.78 is 11.9. The minimum absolute atomic E-state index is 0.708. The van der Waals surface area contributed by atoms with Gasteiger partial charge < -0.3 is 9.47 Å². The molecule has 0 heterocycles. The zero-order valence-electron chi connectivity index (χ0n) is 8.05. The largest absolute Gasteiger partial charge is 0.492 e. The maximum atomic E-state index is 5.59. The van der Waals surface area contributed by atoms with Crippen LogP contribution in [-0.2, 0) is 0 Å². The van der Waals surface area contributed by atoms with Crippen LogP contribution in [0.25, 0.3) is 0 Å². The van der Waals surface area contributed by atoms with Gasteiger partial charge in [0.15, 0.2) is 11.5 Å². The number of ether oxygens (including phenoxy) is 2. The van der Waals surface area contributed by atoms with Gasteiger partial charge in [0, 0.05) is 10.2 Å². The lowest BCUT2D eigenvalue weighted by atomic mass is 10.3. The quantitative estimate of drug-likeness (QED) is 0.472. The van der Waals surface area contributed by atoms with Crippen LogP contribution in [0.4, 0.5) is 0 Å². The second kappa shape index (κ2) is 6.29. The summed E-state index contributed by atoms with van der Waals surface area (Å²) in [4.78, 5) is 0. The molecule has 75 valence electrons. The number of methoxy groups -OCH3 is 1. The Balaban J connectivity index is 2.70. The van der Waals surface area contributed by atoms with Crippen LogP contribution in [0.5, 0.6) is 11.5 Å². The van der Waals surface area contributed by atoms with Gasteiger partial charge in [-0.05, 0) is 41.1 Å². The topological polar surface area (TPSA) is 18.5 Å². The van der Waals surface area contributed by atoms with Crippen molar-refractivity contribution < 1.29 is 9.47 Å². The van der Waals surface area contributed by atoms with E-state index in [1.165, 1.54) is 0 Å². The van der Waals surface area contributed by atoms with Crippen LogP contribution < -0.4 is 9.47 Å². The molecule has 0 aliphatic rings. The fourth-order valence-corrected chi connectivity index (χ4v) is 1.89. The monoisotopic (exact) mass is 319 g/mol. The molecule has 1 aromatic carbocycles. The van der Waals surface area contributed by atoms with E-state index in [9.17, 15) is 0 Å². The molecule has 0 aliphatic carbocycles. The van der Waals surface area contributed by atoms with Crippen molar-refractivity contribution in [1.82, 2.24) is 0 Å². The van der Waals surface area contributed by atoms with Crippen molar-refractivity contribution >= 4 is 32.8 Å². The molecule has 0 aromatic heterocycles. The Morgan fingerprint density at radius 2 is 2.21 bits per heavy atom. The van der Waals surface area contributed by atoms with Crippen molar-refractivity contribution in [1.29, 1.82) is 0 Å². The van der Waals surface area contributed by atoms with Gasteiger partial charge >= 0.3 is 0 Å². The Bertz CT molecular complexity index is 291. The van der Waals surface area contributed by atoms with E-state index in [1.54, 1.807) is 7.11 Å². The van der Waals surface area contributed by atoms with Crippen LogP contribution in [0.3, 0.4) is 0 Å². The summed E-state index contributed by atoms with van der Waals surface area (Å²) in [6.07, 6.45) is 0.992. The molecule has 0 aliphatic heterocycles. The van der Waals surface area contributed by atoms with Gasteiger partial charge in [0.05, 0.1) is 17.3 Å². The van der Waals surface area contributed by atoms with Gasteiger partial charge in [0.1, 0.15) is 0 Å². The third-order valence-electron chi connectivity index (χ3n) is 1.71. The molecule has 0 N–H and O–H groups in total. The molecule has 0 spiro atoms. The Morgan fingerprint density at radius 3 is 2.86 bits per heavy atom. The van der Waals surface area contributed by atoms with Crippen molar-refractivity contribution in [2.75, 3.05) is 13.7 Å². The summed E-state index contributed by atoms with van der Waals surface area (Å²) in [6.45, 7) is 0.708. The smallest absolute Gasteiger partial charge is 0.174 e. The number of hydrogen-bond donors (Lipinski definition) is 0. The maximum Gasteiger partial charge on any atom is 0.174 e. The zero-order valence-corrected chi connectivity index (χ0v) is 11.2. The molecule has 0 atom stereocenters. The van der Waals surface area contributed by atoms with Crippen LogP contribution in [0.2, 0.25) is 6.04 Å². The number of halogens is 1. The molecule has 14 heavy (non-hydrogen) atoms. The van der Waals surface area contributed by atoms with Crippen molar-refractivity contribution in [3.05, 3.63) is 21.8 Å². The molecule has 3 radical (unpaired) electrons. The minimum atomic E-state index is 0.708. The molecule has 1 aromatic rings. The third-order valence-corrected chi connectivity index (χ3v) is 2.92. The molecular weight excluding hydrogens is 307 g/mol. The van der Waals surface area contributed by atoms with Gasteiger partial charge in [0.2, 0.25) is 0 Å². The average Bonchev–Trinajstić information content (AvgIpc) is 2.18. The van der Waals surface area contributed by atoms with E-state index in [4.69, 9.17) is 9.47 Å². The van der Waals surface area contributed by atoms with E-state index in [0.29, 0.717) is 6.61 Å². The lowest BCUT2D eigenvalue weighted by Crippen LogP contribution is -1.99. The van der Waals surface area contributed by atoms with E-state index >= 15 is 0 Å². The predicted molar refractivity (Wildman–Crippen MR) is 66.4 cm³/mol. The highest BCUT2D eigenvalue weighted by Gasteiger charge is 2.06. The summed E-state index contributed by atoms with van der Waals surface area (Å²) in [5.74, 6) is 1.64. The van der Waals surface area contributed by atoms with Crippen LogP contribution in [0.1, 0.15) is 6.42 Å². The Morgan fingerprint density at radius 1 is 1.43 bits per heavy atom.